The molecular weight excluding hydrogens is 478 g/mol. The monoisotopic (exact) mass is 511 g/mol. The Morgan fingerprint density at radius 1 is 1.14 bits per heavy atom. The van der Waals surface area contributed by atoms with Crippen molar-refractivity contribution in [1.29, 1.82) is 0 Å². The summed E-state index contributed by atoms with van der Waals surface area (Å²) in [5.74, 6) is -0.346. The highest BCUT2D eigenvalue weighted by Gasteiger charge is 2.32. The molecule has 7 nitrogen and oxygen atoms in total. The van der Waals surface area contributed by atoms with E-state index in [1.165, 1.54) is 0 Å². The summed E-state index contributed by atoms with van der Waals surface area (Å²) in [6.45, 7) is 11.3. The van der Waals surface area contributed by atoms with Crippen LogP contribution < -0.4 is 9.64 Å². The second kappa shape index (κ2) is 9.45. The number of amides is 1. The molecule has 1 N–H and O–H groups in total. The van der Waals surface area contributed by atoms with Gasteiger partial charge in [0.1, 0.15) is 11.4 Å². The minimum absolute atomic E-state index is 0.00761. The van der Waals surface area contributed by atoms with Crippen LogP contribution in [0, 0.1) is 13.8 Å². The fourth-order valence-electron chi connectivity index (χ4n) is 5.13. The van der Waals surface area contributed by atoms with E-state index in [-0.39, 0.29) is 18.9 Å². The average Bonchev–Trinajstić information content (AvgIpc) is 3.07. The molecule has 0 atom stereocenters. The summed E-state index contributed by atoms with van der Waals surface area (Å²) in [5, 5.41) is 11.4. The summed E-state index contributed by atoms with van der Waals surface area (Å²) in [6.07, 6.45) is -0.179. The fourth-order valence-corrected chi connectivity index (χ4v) is 5.29. The van der Waals surface area contributed by atoms with Gasteiger partial charge in [0, 0.05) is 34.8 Å². The Hall–Kier alpha value is -3.03. The zero-order chi connectivity index (χ0) is 26.5. The molecule has 0 radical (unpaired) electrons. The van der Waals surface area contributed by atoms with Gasteiger partial charge in [-0.05, 0) is 89.7 Å². The topological polar surface area (TPSA) is 75.0 Å². The summed E-state index contributed by atoms with van der Waals surface area (Å²) in [5.41, 5.74) is 5.39. The smallest absolute Gasteiger partial charge is 0.307 e. The number of nitrogens with zero attached hydrogens (tertiary/aromatic N) is 3. The SMILES string of the molecule is Cc1c(CC(=O)O)c(-c2ccc(Cl)cc2OC(C)(C)C)c2cc(C)n3c2c1N(C(=O)CN(C)C)CC3. The van der Waals surface area contributed by atoms with Gasteiger partial charge in [0.2, 0.25) is 5.91 Å². The third-order valence-electron chi connectivity index (χ3n) is 6.43. The number of aryl methyl sites for hydroxylation is 1. The lowest BCUT2D eigenvalue weighted by Gasteiger charge is -2.34. The first kappa shape index (κ1) is 26.0. The highest BCUT2D eigenvalue weighted by atomic mass is 35.5. The Morgan fingerprint density at radius 3 is 2.44 bits per heavy atom. The highest BCUT2D eigenvalue weighted by molar-refractivity contribution is 6.31. The summed E-state index contributed by atoms with van der Waals surface area (Å²) < 4.78 is 8.55. The van der Waals surface area contributed by atoms with Crippen molar-refractivity contribution in [2.24, 2.45) is 0 Å². The van der Waals surface area contributed by atoms with Crippen molar-refractivity contribution >= 4 is 40.1 Å². The first-order valence-electron chi connectivity index (χ1n) is 12.1. The number of carboxylic acids is 1. The molecule has 3 aromatic rings. The Morgan fingerprint density at radius 2 is 1.83 bits per heavy atom. The molecular formula is C28H34ClN3O4. The van der Waals surface area contributed by atoms with Crippen molar-refractivity contribution in [3.63, 3.8) is 0 Å². The molecule has 0 unspecified atom stereocenters. The number of aliphatic carboxylic acids is 1. The summed E-state index contributed by atoms with van der Waals surface area (Å²) in [4.78, 5) is 29.1. The zero-order valence-corrected chi connectivity index (χ0v) is 22.8. The summed E-state index contributed by atoms with van der Waals surface area (Å²) >= 11 is 6.36. The highest BCUT2D eigenvalue weighted by Crippen LogP contribution is 2.47. The van der Waals surface area contributed by atoms with Crippen LogP contribution in [-0.4, -0.2) is 59.2 Å². The van der Waals surface area contributed by atoms with Crippen LogP contribution in [0.3, 0.4) is 0 Å². The minimum Gasteiger partial charge on any atom is -0.487 e. The van der Waals surface area contributed by atoms with E-state index >= 15 is 0 Å². The molecule has 0 spiro atoms. The van der Waals surface area contributed by atoms with E-state index in [1.807, 2.05) is 64.6 Å². The second-order valence-electron chi connectivity index (χ2n) is 10.7. The van der Waals surface area contributed by atoms with Gasteiger partial charge < -0.3 is 24.2 Å². The van der Waals surface area contributed by atoms with Crippen molar-refractivity contribution in [1.82, 2.24) is 9.47 Å². The predicted octanol–water partition coefficient (Wildman–Crippen LogP) is 5.29. The maximum absolute atomic E-state index is 13.3. The predicted molar refractivity (Wildman–Crippen MR) is 144 cm³/mol. The first-order valence-corrected chi connectivity index (χ1v) is 12.5. The summed E-state index contributed by atoms with van der Waals surface area (Å²) in [7, 11) is 3.74. The molecule has 0 saturated carbocycles. The maximum Gasteiger partial charge on any atom is 0.307 e. The summed E-state index contributed by atoms with van der Waals surface area (Å²) in [6, 6.07) is 7.57. The van der Waals surface area contributed by atoms with Gasteiger partial charge in [-0.25, -0.2) is 0 Å². The van der Waals surface area contributed by atoms with Crippen LogP contribution >= 0.6 is 11.6 Å². The number of carbonyl (C=O) groups is 2. The largest absolute Gasteiger partial charge is 0.487 e. The number of rotatable bonds is 6. The van der Waals surface area contributed by atoms with Crippen LogP contribution in [0.25, 0.3) is 22.0 Å². The van der Waals surface area contributed by atoms with E-state index in [2.05, 4.69) is 10.6 Å². The second-order valence-corrected chi connectivity index (χ2v) is 11.2. The molecule has 2 heterocycles. The first-order chi connectivity index (χ1) is 16.8. The molecule has 1 aliphatic heterocycles. The fraction of sp³-hybridized carbons (Fsp3) is 0.429. The number of aromatic nitrogens is 1. The molecule has 36 heavy (non-hydrogen) atoms. The van der Waals surface area contributed by atoms with Gasteiger partial charge in [-0.3, -0.25) is 9.59 Å². The normalized spacial score (nSPS) is 13.5. The van der Waals surface area contributed by atoms with Crippen LogP contribution in [0.15, 0.2) is 24.3 Å². The van der Waals surface area contributed by atoms with Crippen LogP contribution in [0.5, 0.6) is 5.75 Å². The van der Waals surface area contributed by atoms with Crippen LogP contribution in [0.4, 0.5) is 5.69 Å². The number of halogens is 1. The Balaban J connectivity index is 2.10. The van der Waals surface area contributed by atoms with E-state index in [4.69, 9.17) is 16.3 Å². The lowest BCUT2D eigenvalue weighted by Crippen LogP contribution is -2.42. The molecule has 192 valence electrons. The van der Waals surface area contributed by atoms with Crippen LogP contribution in [0.2, 0.25) is 5.02 Å². The third kappa shape index (κ3) is 4.82. The molecule has 1 aliphatic rings. The van der Waals surface area contributed by atoms with Crippen molar-refractivity contribution in [2.75, 3.05) is 32.1 Å². The minimum atomic E-state index is -0.934. The van der Waals surface area contributed by atoms with Crippen LogP contribution in [-0.2, 0) is 22.6 Å². The van der Waals surface area contributed by atoms with Gasteiger partial charge >= 0.3 is 5.97 Å². The van der Waals surface area contributed by atoms with E-state index in [0.717, 1.165) is 39.0 Å². The molecule has 1 amide bonds. The number of carbonyl (C=O) groups excluding carboxylic acids is 1. The van der Waals surface area contributed by atoms with Crippen LogP contribution in [0.1, 0.15) is 37.6 Å². The maximum atomic E-state index is 13.3. The molecule has 1 aromatic heterocycles. The molecule has 0 aliphatic carbocycles. The molecule has 2 aromatic carbocycles. The number of likely N-dealkylation sites (N-methyl/N-ethyl adjacent to an activating group) is 1. The molecule has 8 heteroatoms. The number of benzene rings is 2. The van der Waals surface area contributed by atoms with Gasteiger partial charge in [-0.1, -0.05) is 11.6 Å². The van der Waals surface area contributed by atoms with Crippen molar-refractivity contribution < 1.29 is 19.4 Å². The number of anilines is 1. The van der Waals surface area contributed by atoms with Gasteiger partial charge in [-0.2, -0.15) is 0 Å². The Kier molecular flexibility index (Phi) is 6.84. The number of hydrogen-bond donors (Lipinski definition) is 1. The quantitative estimate of drug-likeness (QED) is 0.486. The molecule has 4 rings (SSSR count). The van der Waals surface area contributed by atoms with Gasteiger partial charge in [0.05, 0.1) is 24.2 Å². The Labute approximate surface area is 217 Å². The standard InChI is InChI=1S/C28H34ClN3O4/c1-16-12-21-25(19-9-8-18(29)13-22(19)36-28(3,4)5)20(14-24(34)35)17(2)26-27(21)31(16)10-11-32(26)23(33)15-30(6)7/h8-9,12-13H,10-11,14-15H2,1-7H3,(H,34,35). The number of carboxylic acid groups (broad SMARTS) is 1. The average molecular weight is 512 g/mol. The lowest BCUT2D eigenvalue weighted by atomic mass is 9.88. The molecule has 0 fully saturated rings. The van der Waals surface area contributed by atoms with Gasteiger partial charge in [0.15, 0.2) is 0 Å². The Bertz CT molecular complexity index is 1370. The van der Waals surface area contributed by atoms with E-state index in [0.29, 0.717) is 29.4 Å². The lowest BCUT2D eigenvalue weighted by molar-refractivity contribution is -0.136. The van der Waals surface area contributed by atoms with E-state index < -0.39 is 11.6 Å². The third-order valence-corrected chi connectivity index (χ3v) is 6.67. The van der Waals surface area contributed by atoms with E-state index in [9.17, 15) is 14.7 Å². The molecule has 0 saturated heterocycles. The number of hydrogen-bond acceptors (Lipinski definition) is 4. The van der Waals surface area contributed by atoms with Crippen molar-refractivity contribution in [3.05, 3.63) is 46.1 Å². The van der Waals surface area contributed by atoms with Crippen molar-refractivity contribution in [3.8, 4) is 16.9 Å². The van der Waals surface area contributed by atoms with Gasteiger partial charge in [-0.15, -0.1) is 0 Å². The van der Waals surface area contributed by atoms with E-state index in [1.54, 1.807) is 12.1 Å². The molecule has 0 bridgehead atoms. The van der Waals surface area contributed by atoms with Crippen molar-refractivity contribution in [2.45, 2.75) is 53.2 Å². The number of ether oxygens (including phenoxy) is 1. The van der Waals surface area contributed by atoms with Gasteiger partial charge in [0.25, 0.3) is 0 Å². The zero-order valence-electron chi connectivity index (χ0n) is 22.0.